The van der Waals surface area contributed by atoms with Gasteiger partial charge >= 0.3 is 6.09 Å². The maximum atomic E-state index is 13.0. The van der Waals surface area contributed by atoms with Crippen LogP contribution in [0.5, 0.6) is 0 Å². The maximum absolute atomic E-state index is 13.0. The Labute approximate surface area is 203 Å². The number of hydrogen-bond acceptors (Lipinski definition) is 4. The van der Waals surface area contributed by atoms with Crippen molar-refractivity contribution in [2.75, 3.05) is 24.5 Å². The van der Waals surface area contributed by atoms with Crippen molar-refractivity contribution < 1.29 is 14.3 Å². The van der Waals surface area contributed by atoms with Gasteiger partial charge < -0.3 is 15.0 Å². The number of benzene rings is 2. The zero-order valence-electron chi connectivity index (χ0n) is 20.8. The van der Waals surface area contributed by atoms with Crippen LogP contribution in [0.2, 0.25) is 0 Å². The van der Waals surface area contributed by atoms with Gasteiger partial charge in [0.2, 0.25) is 5.91 Å². The Morgan fingerprint density at radius 1 is 1.00 bits per heavy atom. The summed E-state index contributed by atoms with van der Waals surface area (Å²) in [4.78, 5) is 30.0. The maximum Gasteiger partial charge on any atom is 0.408 e. The van der Waals surface area contributed by atoms with E-state index in [1.807, 2.05) is 62.1 Å². The molecule has 1 heterocycles. The SMILES string of the molecule is Cc1ccccc1N1CCN([C@H]2CC[C@@](NC(=O)OC(C)(C)C)(c3ccccc3)CC2)CC1=O. The second kappa shape index (κ2) is 9.79. The summed E-state index contributed by atoms with van der Waals surface area (Å²) in [5.41, 5.74) is 2.26. The van der Waals surface area contributed by atoms with E-state index in [0.29, 0.717) is 19.1 Å². The van der Waals surface area contributed by atoms with Gasteiger partial charge in [-0.3, -0.25) is 9.69 Å². The van der Waals surface area contributed by atoms with Crippen molar-refractivity contribution in [3.8, 4) is 0 Å². The Bertz CT molecular complexity index is 1010. The molecule has 2 aromatic rings. The molecular formula is C28H37N3O3. The standard InChI is InChI=1S/C28H37N3O3/c1-21-10-8-9-13-24(21)31-19-18-30(20-25(31)32)23-14-16-28(17-15-23,22-11-6-5-7-12-22)29-26(33)34-27(2,3)4/h5-13,23H,14-20H2,1-4H3,(H,29,33)/t23-,28-. The molecule has 2 amide bonds. The van der Waals surface area contributed by atoms with Gasteiger partial charge in [-0.1, -0.05) is 48.5 Å². The lowest BCUT2D eigenvalue weighted by molar-refractivity contribution is -0.122. The number of alkyl carbamates (subject to hydrolysis) is 1. The first-order valence-corrected chi connectivity index (χ1v) is 12.3. The third-order valence-electron chi connectivity index (χ3n) is 7.05. The summed E-state index contributed by atoms with van der Waals surface area (Å²) in [5.74, 6) is 0.160. The highest BCUT2D eigenvalue weighted by Crippen LogP contribution is 2.39. The second-order valence-corrected chi connectivity index (χ2v) is 10.6. The fourth-order valence-corrected chi connectivity index (χ4v) is 5.33. The molecule has 0 spiro atoms. The molecule has 1 saturated heterocycles. The van der Waals surface area contributed by atoms with Gasteiger partial charge in [0.1, 0.15) is 5.60 Å². The third kappa shape index (κ3) is 5.44. The number of hydrogen-bond donors (Lipinski definition) is 1. The van der Waals surface area contributed by atoms with Crippen molar-refractivity contribution in [1.29, 1.82) is 0 Å². The van der Waals surface area contributed by atoms with Crippen LogP contribution in [0, 0.1) is 6.92 Å². The van der Waals surface area contributed by atoms with E-state index in [0.717, 1.165) is 49.0 Å². The number of ether oxygens (including phenoxy) is 1. The number of carbonyl (C=O) groups excluding carboxylic acids is 2. The largest absolute Gasteiger partial charge is 0.444 e. The molecule has 1 saturated carbocycles. The minimum absolute atomic E-state index is 0.160. The van der Waals surface area contributed by atoms with E-state index in [9.17, 15) is 9.59 Å². The topological polar surface area (TPSA) is 61.9 Å². The average molecular weight is 464 g/mol. The average Bonchev–Trinajstić information content (AvgIpc) is 2.79. The molecule has 182 valence electrons. The molecule has 6 nitrogen and oxygen atoms in total. The van der Waals surface area contributed by atoms with E-state index in [-0.39, 0.29) is 12.0 Å². The number of aryl methyl sites for hydroxylation is 1. The first-order chi connectivity index (χ1) is 16.2. The number of nitrogens with one attached hydrogen (secondary N) is 1. The summed E-state index contributed by atoms with van der Waals surface area (Å²) >= 11 is 0. The number of para-hydroxylation sites is 1. The summed E-state index contributed by atoms with van der Waals surface area (Å²) in [6, 6.07) is 18.6. The molecule has 2 fully saturated rings. The van der Waals surface area contributed by atoms with Gasteiger partial charge in [0.15, 0.2) is 0 Å². The molecular weight excluding hydrogens is 426 g/mol. The first kappa shape index (κ1) is 24.3. The summed E-state index contributed by atoms with van der Waals surface area (Å²) in [7, 11) is 0. The number of nitrogens with zero attached hydrogens (tertiary/aromatic N) is 2. The van der Waals surface area contributed by atoms with Crippen LogP contribution < -0.4 is 10.2 Å². The molecule has 4 rings (SSSR count). The van der Waals surface area contributed by atoms with Crippen molar-refractivity contribution in [3.05, 3.63) is 65.7 Å². The van der Waals surface area contributed by atoms with Crippen LogP contribution >= 0.6 is 0 Å². The lowest BCUT2D eigenvalue weighted by Gasteiger charge is -2.46. The Hall–Kier alpha value is -2.86. The minimum atomic E-state index is -0.545. The zero-order chi connectivity index (χ0) is 24.3. The number of anilines is 1. The van der Waals surface area contributed by atoms with Gasteiger partial charge in [0, 0.05) is 24.8 Å². The lowest BCUT2D eigenvalue weighted by Crippen LogP contribution is -2.57. The van der Waals surface area contributed by atoms with E-state index in [1.165, 1.54) is 0 Å². The molecule has 1 N–H and O–H groups in total. The fourth-order valence-electron chi connectivity index (χ4n) is 5.33. The van der Waals surface area contributed by atoms with Crippen LogP contribution in [-0.2, 0) is 15.1 Å². The van der Waals surface area contributed by atoms with Gasteiger partial charge in [-0.2, -0.15) is 0 Å². The van der Waals surface area contributed by atoms with E-state index in [1.54, 1.807) is 0 Å². The number of rotatable bonds is 4. The Morgan fingerprint density at radius 3 is 2.26 bits per heavy atom. The van der Waals surface area contributed by atoms with Gasteiger partial charge in [-0.25, -0.2) is 4.79 Å². The fraction of sp³-hybridized carbons (Fsp3) is 0.500. The van der Waals surface area contributed by atoms with E-state index >= 15 is 0 Å². The van der Waals surface area contributed by atoms with Gasteiger partial charge in [-0.15, -0.1) is 0 Å². The zero-order valence-corrected chi connectivity index (χ0v) is 20.8. The van der Waals surface area contributed by atoms with Gasteiger partial charge in [0.25, 0.3) is 0 Å². The Kier molecular flexibility index (Phi) is 6.99. The van der Waals surface area contributed by atoms with Crippen LogP contribution in [0.1, 0.15) is 57.6 Å². The monoisotopic (exact) mass is 463 g/mol. The van der Waals surface area contributed by atoms with E-state index in [2.05, 4.69) is 35.3 Å². The van der Waals surface area contributed by atoms with Crippen molar-refractivity contribution >= 4 is 17.7 Å². The van der Waals surface area contributed by atoms with E-state index in [4.69, 9.17) is 4.74 Å². The molecule has 2 aromatic carbocycles. The molecule has 0 atom stereocenters. The van der Waals surface area contributed by atoms with Gasteiger partial charge in [0.05, 0.1) is 12.1 Å². The normalized spacial score (nSPS) is 24.1. The van der Waals surface area contributed by atoms with Crippen LogP contribution in [0.25, 0.3) is 0 Å². The summed E-state index contributed by atoms with van der Waals surface area (Å²) in [5, 5.41) is 3.22. The molecule has 0 radical (unpaired) electrons. The molecule has 1 aliphatic carbocycles. The van der Waals surface area contributed by atoms with Crippen molar-refractivity contribution in [3.63, 3.8) is 0 Å². The highest BCUT2D eigenvalue weighted by molar-refractivity contribution is 5.96. The number of piperazine rings is 1. The van der Waals surface area contributed by atoms with Crippen molar-refractivity contribution in [1.82, 2.24) is 10.2 Å². The highest BCUT2D eigenvalue weighted by Gasteiger charge is 2.41. The summed E-state index contributed by atoms with van der Waals surface area (Å²) in [6.45, 7) is 9.71. The van der Waals surface area contributed by atoms with Crippen molar-refractivity contribution in [2.24, 2.45) is 0 Å². The molecule has 6 heteroatoms. The van der Waals surface area contributed by atoms with Gasteiger partial charge in [-0.05, 0) is 70.6 Å². The quantitative estimate of drug-likeness (QED) is 0.693. The molecule has 0 bridgehead atoms. The summed E-state index contributed by atoms with van der Waals surface area (Å²) < 4.78 is 5.60. The second-order valence-electron chi connectivity index (χ2n) is 10.6. The summed E-state index contributed by atoms with van der Waals surface area (Å²) in [6.07, 6.45) is 3.09. The minimum Gasteiger partial charge on any atom is -0.444 e. The predicted molar refractivity (Wildman–Crippen MR) is 135 cm³/mol. The Balaban J connectivity index is 1.43. The van der Waals surface area contributed by atoms with Crippen molar-refractivity contribution in [2.45, 2.75) is 70.6 Å². The highest BCUT2D eigenvalue weighted by atomic mass is 16.6. The van der Waals surface area contributed by atoms with Crippen LogP contribution in [0.15, 0.2) is 54.6 Å². The molecule has 0 unspecified atom stereocenters. The molecule has 0 aromatic heterocycles. The Morgan fingerprint density at radius 2 is 1.65 bits per heavy atom. The number of amides is 2. The van der Waals surface area contributed by atoms with Crippen LogP contribution in [0.3, 0.4) is 0 Å². The predicted octanol–water partition coefficient (Wildman–Crippen LogP) is 5.01. The molecule has 1 aliphatic heterocycles. The third-order valence-corrected chi connectivity index (χ3v) is 7.05. The molecule has 2 aliphatic rings. The lowest BCUT2D eigenvalue weighted by atomic mass is 9.74. The van der Waals surface area contributed by atoms with Crippen LogP contribution in [-0.4, -0.2) is 48.2 Å². The number of carbonyl (C=O) groups is 2. The van der Waals surface area contributed by atoms with E-state index < -0.39 is 11.1 Å². The molecule has 34 heavy (non-hydrogen) atoms. The van der Waals surface area contributed by atoms with Crippen LogP contribution in [0.4, 0.5) is 10.5 Å². The smallest absolute Gasteiger partial charge is 0.408 e. The first-order valence-electron chi connectivity index (χ1n) is 12.3.